The molecule has 0 atom stereocenters. The van der Waals surface area contributed by atoms with Gasteiger partial charge in [-0.2, -0.15) is 0 Å². The highest BCUT2D eigenvalue weighted by atomic mass is 16.5. The molecular formula is C22H20O2. The number of benzene rings is 2. The quantitative estimate of drug-likeness (QED) is 0.535. The van der Waals surface area contributed by atoms with Gasteiger partial charge in [-0.05, 0) is 24.8 Å². The second-order valence-corrected chi connectivity index (χ2v) is 6.04. The van der Waals surface area contributed by atoms with Crippen LogP contribution in [0.1, 0.15) is 25.0 Å². The van der Waals surface area contributed by atoms with Gasteiger partial charge in [-0.3, -0.25) is 0 Å². The highest BCUT2D eigenvalue weighted by Gasteiger charge is 2.16. The molecular weight excluding hydrogens is 296 g/mol. The van der Waals surface area contributed by atoms with E-state index in [1.165, 1.54) is 12.0 Å². The van der Waals surface area contributed by atoms with Crippen LogP contribution in [0.5, 0.6) is 0 Å². The Morgan fingerprint density at radius 2 is 1.75 bits per heavy atom. The number of furan rings is 1. The molecule has 0 N–H and O–H groups in total. The Kier molecular flexibility index (Phi) is 3.96. The molecule has 1 aliphatic rings. The number of hydrogen-bond donors (Lipinski definition) is 0. The summed E-state index contributed by atoms with van der Waals surface area (Å²) < 4.78 is 11.9. The zero-order chi connectivity index (χ0) is 16.4. The molecule has 0 spiro atoms. The van der Waals surface area contributed by atoms with Crippen molar-refractivity contribution >= 4 is 16.8 Å². The number of allylic oxidation sites excluding steroid dienone is 2. The lowest BCUT2D eigenvalue weighted by Gasteiger charge is -2.06. The molecule has 0 aliphatic heterocycles. The van der Waals surface area contributed by atoms with Crippen molar-refractivity contribution < 1.29 is 9.15 Å². The molecule has 1 aliphatic carbocycles. The molecule has 120 valence electrons. The maximum absolute atomic E-state index is 6.26. The molecule has 0 saturated heterocycles. The zero-order valence-corrected chi connectivity index (χ0v) is 13.8. The van der Waals surface area contributed by atoms with Crippen molar-refractivity contribution in [1.82, 2.24) is 0 Å². The molecule has 1 aromatic heterocycles. The molecule has 0 saturated carbocycles. The van der Waals surface area contributed by atoms with Crippen LogP contribution in [0.2, 0.25) is 0 Å². The molecule has 3 aromatic rings. The highest BCUT2D eigenvalue weighted by molar-refractivity contribution is 5.99. The van der Waals surface area contributed by atoms with Gasteiger partial charge in [0.1, 0.15) is 17.3 Å². The Labute approximate surface area is 142 Å². The van der Waals surface area contributed by atoms with Gasteiger partial charge in [0.25, 0.3) is 0 Å². The van der Waals surface area contributed by atoms with Crippen molar-refractivity contribution in [2.45, 2.75) is 19.3 Å². The van der Waals surface area contributed by atoms with Gasteiger partial charge in [0.2, 0.25) is 0 Å². The largest absolute Gasteiger partial charge is 0.496 e. The summed E-state index contributed by atoms with van der Waals surface area (Å²) in [4.78, 5) is 0. The minimum atomic E-state index is 0.856. The highest BCUT2D eigenvalue weighted by Crippen LogP contribution is 2.36. The zero-order valence-electron chi connectivity index (χ0n) is 13.8. The van der Waals surface area contributed by atoms with Crippen LogP contribution in [0.3, 0.4) is 0 Å². The van der Waals surface area contributed by atoms with Crippen LogP contribution >= 0.6 is 0 Å². The third kappa shape index (κ3) is 2.65. The second kappa shape index (κ2) is 6.40. The van der Waals surface area contributed by atoms with Crippen molar-refractivity contribution in [3.8, 4) is 11.3 Å². The van der Waals surface area contributed by atoms with E-state index in [-0.39, 0.29) is 0 Å². The number of methoxy groups -OCH3 is 1. The first kappa shape index (κ1) is 14.8. The van der Waals surface area contributed by atoms with Crippen molar-refractivity contribution in [3.05, 3.63) is 77.8 Å². The molecule has 1 heterocycles. The van der Waals surface area contributed by atoms with Crippen LogP contribution in [0.15, 0.2) is 76.4 Å². The van der Waals surface area contributed by atoms with Gasteiger partial charge < -0.3 is 9.15 Å². The predicted octanol–water partition coefficient (Wildman–Crippen LogP) is 6.20. The molecule has 0 unspecified atom stereocenters. The number of fused-ring (bicyclic) bond motifs is 1. The standard InChI is InChI=1S/C22H20O2/c1-23-20(16-9-5-6-10-16)15-21-18-13-7-8-14-19(18)22(24-21)17-11-3-2-4-12-17/h2-4,7-9,11-15H,5-6,10H2,1H3/b20-15-. The Morgan fingerprint density at radius 3 is 2.46 bits per heavy atom. The van der Waals surface area contributed by atoms with E-state index in [2.05, 4.69) is 36.4 Å². The molecule has 4 rings (SSSR count). The van der Waals surface area contributed by atoms with E-state index in [9.17, 15) is 0 Å². The van der Waals surface area contributed by atoms with E-state index in [0.717, 1.165) is 46.5 Å². The monoisotopic (exact) mass is 316 g/mol. The molecule has 2 heteroatoms. The van der Waals surface area contributed by atoms with Crippen LogP contribution in [-0.2, 0) is 4.74 Å². The average Bonchev–Trinajstić information content (AvgIpc) is 3.29. The number of rotatable bonds is 4. The number of hydrogen-bond acceptors (Lipinski definition) is 2. The van der Waals surface area contributed by atoms with Gasteiger partial charge in [-0.15, -0.1) is 0 Å². The Bertz CT molecular complexity index is 914. The van der Waals surface area contributed by atoms with Gasteiger partial charge in [0.05, 0.1) is 7.11 Å². The molecule has 2 nitrogen and oxygen atoms in total. The summed E-state index contributed by atoms with van der Waals surface area (Å²) in [6.07, 6.45) is 7.70. The fraction of sp³-hybridized carbons (Fsp3) is 0.182. The SMILES string of the molecule is CO/C(=C\c1oc(-c2ccccc2)c2ccccc12)C1=CCCC1. The first-order valence-electron chi connectivity index (χ1n) is 8.39. The van der Waals surface area contributed by atoms with Crippen LogP contribution < -0.4 is 0 Å². The predicted molar refractivity (Wildman–Crippen MR) is 98.6 cm³/mol. The topological polar surface area (TPSA) is 22.4 Å². The second-order valence-electron chi connectivity index (χ2n) is 6.04. The molecule has 0 amide bonds. The maximum atomic E-state index is 6.26. The van der Waals surface area contributed by atoms with Crippen molar-refractivity contribution in [1.29, 1.82) is 0 Å². The lowest BCUT2D eigenvalue weighted by atomic mass is 10.1. The van der Waals surface area contributed by atoms with E-state index in [1.54, 1.807) is 7.11 Å². The van der Waals surface area contributed by atoms with Crippen molar-refractivity contribution in [2.75, 3.05) is 7.11 Å². The summed E-state index contributed by atoms with van der Waals surface area (Å²) in [5.74, 6) is 2.68. The molecule has 0 bridgehead atoms. The van der Waals surface area contributed by atoms with Gasteiger partial charge in [0.15, 0.2) is 0 Å². The van der Waals surface area contributed by atoms with Gasteiger partial charge in [-0.1, -0.05) is 60.7 Å². The minimum Gasteiger partial charge on any atom is -0.496 e. The minimum absolute atomic E-state index is 0.856. The van der Waals surface area contributed by atoms with E-state index < -0.39 is 0 Å². The Morgan fingerprint density at radius 1 is 1.00 bits per heavy atom. The normalized spacial score (nSPS) is 14.9. The summed E-state index contributed by atoms with van der Waals surface area (Å²) in [7, 11) is 1.73. The van der Waals surface area contributed by atoms with E-state index >= 15 is 0 Å². The van der Waals surface area contributed by atoms with Crippen LogP contribution in [0.25, 0.3) is 28.2 Å². The Hall–Kier alpha value is -2.74. The third-order valence-electron chi connectivity index (χ3n) is 4.52. The summed E-state index contributed by atoms with van der Waals surface area (Å²) in [5.41, 5.74) is 2.37. The fourth-order valence-corrected chi connectivity index (χ4v) is 3.32. The lowest BCUT2D eigenvalue weighted by molar-refractivity contribution is 0.302. The van der Waals surface area contributed by atoms with Gasteiger partial charge in [-0.25, -0.2) is 0 Å². The first-order chi connectivity index (χ1) is 11.9. The van der Waals surface area contributed by atoms with Crippen molar-refractivity contribution in [2.24, 2.45) is 0 Å². The summed E-state index contributed by atoms with van der Waals surface area (Å²) >= 11 is 0. The molecule has 0 fully saturated rings. The smallest absolute Gasteiger partial charge is 0.142 e. The summed E-state index contributed by atoms with van der Waals surface area (Å²) in [5, 5.41) is 2.25. The van der Waals surface area contributed by atoms with E-state index in [0.29, 0.717) is 0 Å². The first-order valence-corrected chi connectivity index (χ1v) is 8.39. The van der Waals surface area contributed by atoms with Gasteiger partial charge >= 0.3 is 0 Å². The molecule has 24 heavy (non-hydrogen) atoms. The lowest BCUT2D eigenvalue weighted by Crippen LogP contribution is -1.89. The molecule has 0 radical (unpaired) electrons. The van der Waals surface area contributed by atoms with Crippen LogP contribution in [0.4, 0.5) is 0 Å². The van der Waals surface area contributed by atoms with E-state index in [1.807, 2.05) is 30.3 Å². The summed E-state index contributed by atoms with van der Waals surface area (Å²) in [6.45, 7) is 0. The van der Waals surface area contributed by atoms with E-state index in [4.69, 9.17) is 9.15 Å². The van der Waals surface area contributed by atoms with Gasteiger partial charge in [0, 0.05) is 22.4 Å². The number of ether oxygens (including phenoxy) is 1. The third-order valence-corrected chi connectivity index (χ3v) is 4.52. The van der Waals surface area contributed by atoms with Crippen LogP contribution in [-0.4, -0.2) is 7.11 Å². The Balaban J connectivity index is 1.87. The average molecular weight is 316 g/mol. The fourth-order valence-electron chi connectivity index (χ4n) is 3.32. The van der Waals surface area contributed by atoms with Crippen LogP contribution in [0, 0.1) is 0 Å². The van der Waals surface area contributed by atoms with Crippen molar-refractivity contribution in [3.63, 3.8) is 0 Å². The summed E-state index contributed by atoms with van der Waals surface area (Å²) in [6, 6.07) is 18.6. The maximum Gasteiger partial charge on any atom is 0.142 e. The molecule has 2 aromatic carbocycles.